The number of benzene rings is 1. The highest BCUT2D eigenvalue weighted by atomic mass is 35.5. The third kappa shape index (κ3) is 3.87. The molecule has 0 spiro atoms. The Kier molecular flexibility index (Phi) is 5.25. The van der Waals surface area contributed by atoms with E-state index in [9.17, 15) is 5.11 Å². The summed E-state index contributed by atoms with van der Waals surface area (Å²) in [5, 5.41) is 13.6. The van der Waals surface area contributed by atoms with Crippen LogP contribution >= 0.6 is 11.6 Å². The molecule has 2 unspecified atom stereocenters. The number of rotatable bonds is 5. The quantitative estimate of drug-likeness (QED) is 0.852. The summed E-state index contributed by atoms with van der Waals surface area (Å²) in [7, 11) is 1.81. The first-order valence-electron chi connectivity index (χ1n) is 5.77. The van der Waals surface area contributed by atoms with Crippen LogP contribution in [-0.2, 0) is 0 Å². The Bertz CT molecular complexity index is 368. The van der Waals surface area contributed by atoms with E-state index in [0.717, 1.165) is 5.56 Å². The molecule has 0 bridgehead atoms. The van der Waals surface area contributed by atoms with Gasteiger partial charge in [0.2, 0.25) is 0 Å². The highest BCUT2D eigenvalue weighted by Crippen LogP contribution is 2.29. The standard InChI is InChI=1S/C13H20ClNO2/c1-8(2)17-12-6-5-10(7-11(12)14)13(16)9(3)15-4/h5-9,13,15-16H,1-4H3. The van der Waals surface area contributed by atoms with E-state index in [1.165, 1.54) is 0 Å². The predicted molar refractivity (Wildman–Crippen MR) is 70.7 cm³/mol. The van der Waals surface area contributed by atoms with E-state index in [1.54, 1.807) is 12.1 Å². The first-order valence-corrected chi connectivity index (χ1v) is 6.15. The Hall–Kier alpha value is -0.770. The fourth-order valence-corrected chi connectivity index (χ4v) is 1.73. The topological polar surface area (TPSA) is 41.5 Å². The molecular weight excluding hydrogens is 238 g/mol. The number of aliphatic hydroxyl groups excluding tert-OH is 1. The molecule has 0 aromatic heterocycles. The van der Waals surface area contributed by atoms with Crippen molar-refractivity contribution in [1.82, 2.24) is 5.32 Å². The summed E-state index contributed by atoms with van der Waals surface area (Å²) in [6.45, 7) is 5.81. The van der Waals surface area contributed by atoms with Gasteiger partial charge in [0, 0.05) is 6.04 Å². The van der Waals surface area contributed by atoms with Gasteiger partial charge in [-0.25, -0.2) is 0 Å². The summed E-state index contributed by atoms with van der Waals surface area (Å²) < 4.78 is 5.54. The minimum atomic E-state index is -0.578. The molecule has 0 aliphatic carbocycles. The normalized spacial score (nSPS) is 14.8. The van der Waals surface area contributed by atoms with Crippen molar-refractivity contribution in [3.63, 3.8) is 0 Å². The summed E-state index contributed by atoms with van der Waals surface area (Å²) in [5.41, 5.74) is 0.785. The second kappa shape index (κ2) is 6.24. The van der Waals surface area contributed by atoms with E-state index in [4.69, 9.17) is 16.3 Å². The second-order valence-corrected chi connectivity index (χ2v) is 4.79. The molecule has 0 fully saturated rings. The van der Waals surface area contributed by atoms with E-state index in [2.05, 4.69) is 5.32 Å². The Morgan fingerprint density at radius 3 is 2.41 bits per heavy atom. The zero-order valence-corrected chi connectivity index (χ0v) is 11.5. The van der Waals surface area contributed by atoms with Crippen molar-refractivity contribution in [3.8, 4) is 5.75 Å². The lowest BCUT2D eigenvalue weighted by Crippen LogP contribution is -2.28. The third-order valence-electron chi connectivity index (χ3n) is 2.59. The van der Waals surface area contributed by atoms with Crippen molar-refractivity contribution in [2.75, 3.05) is 7.05 Å². The SMILES string of the molecule is CNC(C)C(O)c1ccc(OC(C)C)c(Cl)c1. The van der Waals surface area contributed by atoms with Crippen LogP contribution < -0.4 is 10.1 Å². The van der Waals surface area contributed by atoms with Gasteiger partial charge in [0.1, 0.15) is 5.75 Å². The van der Waals surface area contributed by atoms with Gasteiger partial charge >= 0.3 is 0 Å². The van der Waals surface area contributed by atoms with Crippen LogP contribution in [0.2, 0.25) is 5.02 Å². The van der Waals surface area contributed by atoms with Crippen molar-refractivity contribution >= 4 is 11.6 Å². The highest BCUT2D eigenvalue weighted by molar-refractivity contribution is 6.32. The van der Waals surface area contributed by atoms with Gasteiger partial charge in [0.15, 0.2) is 0 Å². The molecule has 0 saturated heterocycles. The molecule has 0 radical (unpaired) electrons. The van der Waals surface area contributed by atoms with E-state index >= 15 is 0 Å². The van der Waals surface area contributed by atoms with E-state index < -0.39 is 6.10 Å². The molecule has 2 N–H and O–H groups in total. The number of likely N-dealkylation sites (N-methyl/N-ethyl adjacent to an activating group) is 1. The lowest BCUT2D eigenvalue weighted by molar-refractivity contribution is 0.140. The van der Waals surface area contributed by atoms with Gasteiger partial charge in [0.05, 0.1) is 17.2 Å². The smallest absolute Gasteiger partial charge is 0.138 e. The van der Waals surface area contributed by atoms with Gasteiger partial charge < -0.3 is 15.2 Å². The maximum absolute atomic E-state index is 10.0. The van der Waals surface area contributed by atoms with Crippen LogP contribution in [0.1, 0.15) is 32.4 Å². The van der Waals surface area contributed by atoms with E-state index in [1.807, 2.05) is 33.9 Å². The number of nitrogens with one attached hydrogen (secondary N) is 1. The van der Waals surface area contributed by atoms with Gasteiger partial charge in [-0.05, 0) is 45.5 Å². The maximum atomic E-state index is 10.0. The molecule has 1 rings (SSSR count). The van der Waals surface area contributed by atoms with Crippen molar-refractivity contribution in [1.29, 1.82) is 0 Å². The van der Waals surface area contributed by atoms with Crippen LogP contribution in [0.3, 0.4) is 0 Å². The largest absolute Gasteiger partial charge is 0.489 e. The Balaban J connectivity index is 2.88. The monoisotopic (exact) mass is 257 g/mol. The maximum Gasteiger partial charge on any atom is 0.138 e. The molecule has 3 nitrogen and oxygen atoms in total. The number of ether oxygens (including phenoxy) is 1. The molecule has 0 aliphatic rings. The number of aliphatic hydroxyl groups is 1. The fraction of sp³-hybridized carbons (Fsp3) is 0.538. The minimum Gasteiger partial charge on any atom is -0.489 e. The molecule has 1 aromatic rings. The molecular formula is C13H20ClNO2. The summed E-state index contributed by atoms with van der Waals surface area (Å²) in [5.74, 6) is 0.648. The number of hydrogen-bond acceptors (Lipinski definition) is 3. The summed E-state index contributed by atoms with van der Waals surface area (Å²) in [4.78, 5) is 0. The molecule has 0 amide bonds. The third-order valence-corrected chi connectivity index (χ3v) is 2.88. The first kappa shape index (κ1) is 14.3. The molecule has 17 heavy (non-hydrogen) atoms. The molecule has 2 atom stereocenters. The van der Waals surface area contributed by atoms with Crippen molar-refractivity contribution in [2.24, 2.45) is 0 Å². The van der Waals surface area contributed by atoms with Crippen LogP contribution in [0.15, 0.2) is 18.2 Å². The zero-order valence-electron chi connectivity index (χ0n) is 10.7. The minimum absolute atomic E-state index is 0.0251. The number of halogens is 1. The lowest BCUT2D eigenvalue weighted by atomic mass is 10.0. The van der Waals surface area contributed by atoms with E-state index in [-0.39, 0.29) is 12.1 Å². The molecule has 4 heteroatoms. The Morgan fingerprint density at radius 2 is 1.94 bits per heavy atom. The van der Waals surface area contributed by atoms with E-state index in [0.29, 0.717) is 10.8 Å². The van der Waals surface area contributed by atoms with Gasteiger partial charge in [0.25, 0.3) is 0 Å². The van der Waals surface area contributed by atoms with Crippen LogP contribution in [0.25, 0.3) is 0 Å². The Labute approximate surface area is 108 Å². The molecule has 1 aromatic carbocycles. The van der Waals surface area contributed by atoms with Gasteiger partial charge in [-0.2, -0.15) is 0 Å². The number of hydrogen-bond donors (Lipinski definition) is 2. The fourth-order valence-electron chi connectivity index (χ4n) is 1.50. The molecule has 96 valence electrons. The van der Waals surface area contributed by atoms with Crippen LogP contribution in [0, 0.1) is 0 Å². The molecule has 0 saturated carbocycles. The summed E-state index contributed by atoms with van der Waals surface area (Å²) in [6.07, 6.45) is -0.495. The lowest BCUT2D eigenvalue weighted by Gasteiger charge is -2.19. The Morgan fingerprint density at radius 1 is 1.29 bits per heavy atom. The predicted octanol–water partition coefficient (Wildman–Crippen LogP) is 2.77. The molecule has 0 heterocycles. The average Bonchev–Trinajstić information content (AvgIpc) is 2.29. The van der Waals surface area contributed by atoms with Crippen LogP contribution in [0.5, 0.6) is 5.75 Å². The zero-order chi connectivity index (χ0) is 13.0. The van der Waals surface area contributed by atoms with Gasteiger partial charge in [-0.1, -0.05) is 17.7 Å². The molecule has 0 aliphatic heterocycles. The second-order valence-electron chi connectivity index (χ2n) is 4.38. The van der Waals surface area contributed by atoms with Crippen molar-refractivity contribution < 1.29 is 9.84 Å². The highest BCUT2D eigenvalue weighted by Gasteiger charge is 2.16. The van der Waals surface area contributed by atoms with Crippen LogP contribution in [0.4, 0.5) is 0 Å². The van der Waals surface area contributed by atoms with Crippen LogP contribution in [-0.4, -0.2) is 24.3 Å². The summed E-state index contributed by atoms with van der Waals surface area (Å²) >= 11 is 6.11. The average molecular weight is 258 g/mol. The first-order chi connectivity index (χ1) is 7.95. The van der Waals surface area contributed by atoms with Crippen molar-refractivity contribution in [2.45, 2.75) is 39.0 Å². The van der Waals surface area contributed by atoms with Gasteiger partial charge in [-0.3, -0.25) is 0 Å². The summed E-state index contributed by atoms with van der Waals surface area (Å²) in [6, 6.07) is 5.35. The van der Waals surface area contributed by atoms with Crippen molar-refractivity contribution in [3.05, 3.63) is 28.8 Å². The van der Waals surface area contributed by atoms with Gasteiger partial charge in [-0.15, -0.1) is 0 Å².